The summed E-state index contributed by atoms with van der Waals surface area (Å²) < 4.78 is 22.3. The van der Waals surface area contributed by atoms with Crippen molar-refractivity contribution >= 4 is 24.2 Å². The molecule has 3 rings (SSSR count). The van der Waals surface area contributed by atoms with E-state index >= 15 is 0 Å². The highest BCUT2D eigenvalue weighted by molar-refractivity contribution is 6.62. The van der Waals surface area contributed by atoms with E-state index in [1.807, 2.05) is 58.9 Å². The number of esters is 1. The molecule has 1 fully saturated rings. The quantitative estimate of drug-likeness (QED) is 0.643. The van der Waals surface area contributed by atoms with Gasteiger partial charge in [-0.3, -0.25) is 0 Å². The summed E-state index contributed by atoms with van der Waals surface area (Å²) in [5.74, 6) is 0.427. The molecule has 0 amide bonds. The predicted octanol–water partition coefficient (Wildman–Crippen LogP) is 3.29. The maximum absolute atomic E-state index is 11.5. The molecule has 0 bridgehead atoms. The van der Waals surface area contributed by atoms with Crippen LogP contribution in [0, 0.1) is 6.92 Å². The van der Waals surface area contributed by atoms with E-state index in [-0.39, 0.29) is 24.1 Å². The van der Waals surface area contributed by atoms with Crippen molar-refractivity contribution in [1.82, 2.24) is 0 Å². The van der Waals surface area contributed by atoms with Gasteiger partial charge in [0.25, 0.3) is 0 Å². The molecule has 144 valence electrons. The summed E-state index contributed by atoms with van der Waals surface area (Å²) in [7, 11) is 0.961. The Morgan fingerprint density at radius 1 is 1.11 bits per heavy atom. The number of rotatable bonds is 5. The van der Waals surface area contributed by atoms with Gasteiger partial charge in [0.2, 0.25) is 5.76 Å². The van der Waals surface area contributed by atoms with E-state index in [1.54, 1.807) is 6.07 Å². The predicted molar refractivity (Wildman–Crippen MR) is 104 cm³/mol. The average Bonchev–Trinajstić information content (AvgIpc) is 3.09. The molecule has 1 aromatic carbocycles. The zero-order valence-corrected chi connectivity index (χ0v) is 16.7. The Morgan fingerprint density at radius 2 is 1.70 bits per heavy atom. The van der Waals surface area contributed by atoms with Gasteiger partial charge in [-0.15, -0.1) is 0 Å². The first-order chi connectivity index (χ1) is 12.6. The molecule has 0 spiro atoms. The molecule has 1 aromatic heterocycles. The SMILES string of the molecule is COC(=O)c1cc(CNc2ccc(B3OC(C)(C)C(C)(C)O3)cc2)c(C)o1. The van der Waals surface area contributed by atoms with E-state index in [4.69, 9.17) is 13.7 Å². The summed E-state index contributed by atoms with van der Waals surface area (Å²) in [6, 6.07) is 9.65. The second kappa shape index (κ2) is 7.05. The highest BCUT2D eigenvalue weighted by Gasteiger charge is 2.51. The minimum atomic E-state index is -0.476. The highest BCUT2D eigenvalue weighted by atomic mass is 16.7. The van der Waals surface area contributed by atoms with Crippen LogP contribution < -0.4 is 10.8 Å². The Morgan fingerprint density at radius 3 is 2.26 bits per heavy atom. The van der Waals surface area contributed by atoms with Crippen LogP contribution in [0.2, 0.25) is 0 Å². The van der Waals surface area contributed by atoms with E-state index in [2.05, 4.69) is 10.1 Å². The molecule has 0 atom stereocenters. The second-order valence-electron chi connectivity index (χ2n) is 7.75. The fourth-order valence-corrected chi connectivity index (χ4v) is 2.83. The minimum absolute atomic E-state index is 0.211. The summed E-state index contributed by atoms with van der Waals surface area (Å²) in [6.45, 7) is 10.5. The van der Waals surface area contributed by atoms with Gasteiger partial charge in [-0.1, -0.05) is 12.1 Å². The van der Waals surface area contributed by atoms with E-state index in [9.17, 15) is 4.79 Å². The third kappa shape index (κ3) is 3.89. The van der Waals surface area contributed by atoms with Crippen molar-refractivity contribution < 1.29 is 23.3 Å². The molecule has 2 heterocycles. The zero-order valence-electron chi connectivity index (χ0n) is 16.7. The standard InChI is InChI=1S/C20H26BNO5/c1-13-14(11-17(25-13)18(23)24-6)12-22-16-9-7-15(8-10-16)21-26-19(2,3)20(4,5)27-21/h7-11,22H,12H2,1-6H3. The first-order valence-electron chi connectivity index (χ1n) is 9.00. The molecule has 1 aliphatic rings. The lowest BCUT2D eigenvalue weighted by atomic mass is 9.79. The van der Waals surface area contributed by atoms with Gasteiger partial charge >= 0.3 is 13.1 Å². The van der Waals surface area contributed by atoms with Crippen LogP contribution in [0.5, 0.6) is 0 Å². The van der Waals surface area contributed by atoms with Gasteiger partial charge in [0.05, 0.1) is 18.3 Å². The summed E-state index contributed by atoms with van der Waals surface area (Å²) in [5.41, 5.74) is 2.13. The van der Waals surface area contributed by atoms with Crippen molar-refractivity contribution in [3.8, 4) is 0 Å². The number of hydrogen-bond donors (Lipinski definition) is 1. The molecule has 0 saturated carbocycles. The lowest BCUT2D eigenvalue weighted by Gasteiger charge is -2.32. The van der Waals surface area contributed by atoms with Crippen LogP contribution in [0.25, 0.3) is 0 Å². The van der Waals surface area contributed by atoms with Crippen LogP contribution in [0.3, 0.4) is 0 Å². The number of carbonyl (C=O) groups is 1. The van der Waals surface area contributed by atoms with Crippen molar-refractivity contribution in [3.05, 3.63) is 47.4 Å². The van der Waals surface area contributed by atoms with Gasteiger partial charge in [-0.2, -0.15) is 0 Å². The van der Waals surface area contributed by atoms with Gasteiger partial charge in [0.1, 0.15) is 5.76 Å². The molecule has 27 heavy (non-hydrogen) atoms. The number of aryl methyl sites for hydroxylation is 1. The molecule has 7 heteroatoms. The first-order valence-corrected chi connectivity index (χ1v) is 9.00. The number of hydrogen-bond acceptors (Lipinski definition) is 6. The third-order valence-electron chi connectivity index (χ3n) is 5.33. The van der Waals surface area contributed by atoms with E-state index in [1.165, 1.54) is 7.11 Å². The number of ether oxygens (including phenoxy) is 1. The van der Waals surface area contributed by atoms with Crippen LogP contribution in [-0.2, 0) is 20.6 Å². The number of methoxy groups -OCH3 is 1. The van der Waals surface area contributed by atoms with Crippen LogP contribution in [0.4, 0.5) is 5.69 Å². The molecule has 2 aromatic rings. The van der Waals surface area contributed by atoms with Crippen molar-refractivity contribution in [3.63, 3.8) is 0 Å². The molecule has 0 unspecified atom stereocenters. The number of anilines is 1. The fraction of sp³-hybridized carbons (Fsp3) is 0.450. The Labute approximate surface area is 160 Å². The van der Waals surface area contributed by atoms with E-state index in [0.717, 1.165) is 16.7 Å². The van der Waals surface area contributed by atoms with Crippen molar-refractivity contribution in [1.29, 1.82) is 0 Å². The minimum Gasteiger partial charge on any atom is -0.463 e. The van der Waals surface area contributed by atoms with Gasteiger partial charge in [-0.05, 0) is 58.3 Å². The molecule has 1 saturated heterocycles. The lowest BCUT2D eigenvalue weighted by Crippen LogP contribution is -2.41. The summed E-state index contributed by atoms with van der Waals surface area (Å²) in [4.78, 5) is 11.5. The molecule has 6 nitrogen and oxygen atoms in total. The largest absolute Gasteiger partial charge is 0.494 e. The molecule has 1 aliphatic heterocycles. The number of carbonyl (C=O) groups excluding carboxylic acids is 1. The maximum Gasteiger partial charge on any atom is 0.494 e. The smallest absolute Gasteiger partial charge is 0.463 e. The number of benzene rings is 1. The third-order valence-corrected chi connectivity index (χ3v) is 5.33. The Hall–Kier alpha value is -2.25. The second-order valence-corrected chi connectivity index (χ2v) is 7.75. The summed E-state index contributed by atoms with van der Waals surface area (Å²) >= 11 is 0. The van der Waals surface area contributed by atoms with Gasteiger partial charge < -0.3 is 23.8 Å². The normalized spacial score (nSPS) is 17.8. The van der Waals surface area contributed by atoms with E-state index < -0.39 is 5.97 Å². The first kappa shape index (κ1) is 19.5. The van der Waals surface area contributed by atoms with Crippen LogP contribution in [-0.4, -0.2) is 31.4 Å². The van der Waals surface area contributed by atoms with Gasteiger partial charge in [0, 0.05) is 17.8 Å². The zero-order chi connectivity index (χ0) is 19.8. The number of furan rings is 1. The van der Waals surface area contributed by atoms with Crippen molar-refractivity contribution in [2.45, 2.75) is 52.4 Å². The van der Waals surface area contributed by atoms with Crippen molar-refractivity contribution in [2.75, 3.05) is 12.4 Å². The monoisotopic (exact) mass is 371 g/mol. The van der Waals surface area contributed by atoms with Crippen LogP contribution in [0.15, 0.2) is 34.7 Å². The van der Waals surface area contributed by atoms with Crippen molar-refractivity contribution in [2.24, 2.45) is 0 Å². The summed E-state index contributed by atoms with van der Waals surface area (Å²) in [6.07, 6.45) is 0. The van der Waals surface area contributed by atoms with Gasteiger partial charge in [-0.25, -0.2) is 4.79 Å². The summed E-state index contributed by atoms with van der Waals surface area (Å²) in [5, 5.41) is 3.33. The van der Waals surface area contributed by atoms with E-state index in [0.29, 0.717) is 12.3 Å². The van der Waals surface area contributed by atoms with Gasteiger partial charge in [0.15, 0.2) is 0 Å². The fourth-order valence-electron chi connectivity index (χ4n) is 2.83. The Bertz CT molecular complexity index is 809. The molecule has 0 radical (unpaired) electrons. The van der Waals surface area contributed by atoms with Crippen LogP contribution in [0.1, 0.15) is 49.6 Å². The van der Waals surface area contributed by atoms with Crippen LogP contribution >= 0.6 is 0 Å². The molecular weight excluding hydrogens is 345 g/mol. The molecular formula is C20H26BNO5. The Balaban J connectivity index is 1.64. The highest BCUT2D eigenvalue weighted by Crippen LogP contribution is 2.36. The number of nitrogens with one attached hydrogen (secondary N) is 1. The lowest BCUT2D eigenvalue weighted by molar-refractivity contribution is 0.00578. The maximum atomic E-state index is 11.5. The molecule has 1 N–H and O–H groups in total. The average molecular weight is 371 g/mol. The topological polar surface area (TPSA) is 69.9 Å². The molecule has 0 aliphatic carbocycles. The Kier molecular flexibility index (Phi) is 5.10.